The van der Waals surface area contributed by atoms with Gasteiger partial charge in [0.2, 0.25) is 0 Å². The Labute approximate surface area is 97.3 Å². The van der Waals surface area contributed by atoms with Crippen LogP contribution in [0.3, 0.4) is 0 Å². The Morgan fingerprint density at radius 2 is 1.94 bits per heavy atom. The van der Waals surface area contributed by atoms with Crippen LogP contribution in [0.5, 0.6) is 0 Å². The number of aromatic nitrogens is 3. The highest BCUT2D eigenvalue weighted by Crippen LogP contribution is 2.21. The lowest BCUT2D eigenvalue weighted by Crippen LogP contribution is -1.91. The van der Waals surface area contributed by atoms with E-state index in [0.717, 1.165) is 11.3 Å². The van der Waals surface area contributed by atoms with Crippen LogP contribution in [0.4, 0.5) is 0 Å². The molecule has 2 heterocycles. The van der Waals surface area contributed by atoms with Gasteiger partial charge in [0.25, 0.3) is 0 Å². The van der Waals surface area contributed by atoms with Crippen molar-refractivity contribution in [1.29, 1.82) is 0 Å². The Morgan fingerprint density at radius 3 is 2.75 bits per heavy atom. The summed E-state index contributed by atoms with van der Waals surface area (Å²) in [5, 5.41) is 0.423. The molecule has 1 aromatic carbocycles. The van der Waals surface area contributed by atoms with Crippen LogP contribution in [0.2, 0.25) is 5.15 Å². The SMILES string of the molecule is Clc1nc(-c2ccccc2)cn2ccnc12. The minimum Gasteiger partial charge on any atom is -0.302 e. The van der Waals surface area contributed by atoms with Crippen molar-refractivity contribution < 1.29 is 0 Å². The zero-order valence-electron chi connectivity index (χ0n) is 8.34. The molecule has 3 rings (SSSR count). The third-order valence-electron chi connectivity index (χ3n) is 2.40. The Bertz CT molecular complexity index is 631. The normalized spacial score (nSPS) is 10.8. The maximum absolute atomic E-state index is 6.06. The molecule has 0 spiro atoms. The third-order valence-corrected chi connectivity index (χ3v) is 2.66. The van der Waals surface area contributed by atoms with Crippen LogP contribution in [-0.4, -0.2) is 14.4 Å². The maximum atomic E-state index is 6.06. The zero-order chi connectivity index (χ0) is 11.0. The zero-order valence-corrected chi connectivity index (χ0v) is 9.09. The lowest BCUT2D eigenvalue weighted by Gasteiger charge is -2.03. The van der Waals surface area contributed by atoms with E-state index < -0.39 is 0 Å². The van der Waals surface area contributed by atoms with Crippen molar-refractivity contribution in [2.75, 3.05) is 0 Å². The van der Waals surface area contributed by atoms with Gasteiger partial charge in [-0.1, -0.05) is 41.9 Å². The molecule has 0 radical (unpaired) electrons. The number of halogens is 1. The molecular formula is C12H8ClN3. The minimum atomic E-state index is 0.423. The van der Waals surface area contributed by atoms with Crippen molar-refractivity contribution in [2.45, 2.75) is 0 Å². The van der Waals surface area contributed by atoms with Crippen molar-refractivity contribution in [3.63, 3.8) is 0 Å². The first-order chi connectivity index (χ1) is 7.84. The van der Waals surface area contributed by atoms with Crippen LogP contribution in [0, 0.1) is 0 Å². The van der Waals surface area contributed by atoms with Gasteiger partial charge in [0.1, 0.15) is 0 Å². The molecule has 2 aromatic heterocycles. The third kappa shape index (κ3) is 1.46. The molecule has 0 fully saturated rings. The first-order valence-corrected chi connectivity index (χ1v) is 5.27. The van der Waals surface area contributed by atoms with Crippen molar-refractivity contribution in [1.82, 2.24) is 14.4 Å². The monoisotopic (exact) mass is 229 g/mol. The fourth-order valence-electron chi connectivity index (χ4n) is 1.64. The van der Waals surface area contributed by atoms with E-state index in [1.807, 2.05) is 47.1 Å². The van der Waals surface area contributed by atoms with E-state index in [0.29, 0.717) is 10.8 Å². The molecule has 0 aliphatic rings. The maximum Gasteiger partial charge on any atom is 0.174 e. The smallest absolute Gasteiger partial charge is 0.174 e. The van der Waals surface area contributed by atoms with Gasteiger partial charge in [-0.3, -0.25) is 0 Å². The van der Waals surface area contributed by atoms with Gasteiger partial charge in [-0.2, -0.15) is 0 Å². The van der Waals surface area contributed by atoms with Crippen LogP contribution in [0.15, 0.2) is 48.9 Å². The predicted molar refractivity (Wildman–Crippen MR) is 63.4 cm³/mol. The van der Waals surface area contributed by atoms with Gasteiger partial charge in [0, 0.05) is 24.2 Å². The number of hydrogen-bond donors (Lipinski definition) is 0. The fourth-order valence-corrected chi connectivity index (χ4v) is 1.88. The molecule has 0 amide bonds. The van der Waals surface area contributed by atoms with E-state index in [-0.39, 0.29) is 0 Å². The summed E-state index contributed by atoms with van der Waals surface area (Å²) in [6.45, 7) is 0. The number of hydrogen-bond acceptors (Lipinski definition) is 2. The Morgan fingerprint density at radius 1 is 1.12 bits per heavy atom. The fraction of sp³-hybridized carbons (Fsp3) is 0. The van der Waals surface area contributed by atoms with E-state index in [1.165, 1.54) is 0 Å². The van der Waals surface area contributed by atoms with Crippen LogP contribution >= 0.6 is 11.6 Å². The average Bonchev–Trinajstić information content (AvgIpc) is 2.79. The van der Waals surface area contributed by atoms with E-state index >= 15 is 0 Å². The molecule has 0 saturated heterocycles. The van der Waals surface area contributed by atoms with Gasteiger partial charge in [-0.15, -0.1) is 0 Å². The summed E-state index contributed by atoms with van der Waals surface area (Å²) >= 11 is 6.06. The Hall–Kier alpha value is -1.87. The van der Waals surface area contributed by atoms with Crippen LogP contribution in [0.1, 0.15) is 0 Å². The molecule has 3 nitrogen and oxygen atoms in total. The highest BCUT2D eigenvalue weighted by molar-refractivity contribution is 6.32. The second-order valence-electron chi connectivity index (χ2n) is 3.44. The standard InChI is InChI=1S/C12H8ClN3/c13-11-12-14-6-7-16(12)8-10(15-11)9-4-2-1-3-5-9/h1-8H. The number of rotatable bonds is 1. The summed E-state index contributed by atoms with van der Waals surface area (Å²) in [7, 11) is 0. The minimum absolute atomic E-state index is 0.423. The summed E-state index contributed by atoms with van der Waals surface area (Å²) in [6.07, 6.45) is 5.48. The summed E-state index contributed by atoms with van der Waals surface area (Å²) in [6, 6.07) is 9.93. The average molecular weight is 230 g/mol. The molecule has 0 aliphatic carbocycles. The van der Waals surface area contributed by atoms with Crippen LogP contribution < -0.4 is 0 Å². The molecular weight excluding hydrogens is 222 g/mol. The molecule has 0 unspecified atom stereocenters. The topological polar surface area (TPSA) is 30.2 Å². The number of nitrogens with zero attached hydrogens (tertiary/aromatic N) is 3. The molecule has 4 heteroatoms. The molecule has 16 heavy (non-hydrogen) atoms. The molecule has 78 valence electrons. The quantitative estimate of drug-likeness (QED) is 0.642. The molecule has 0 bridgehead atoms. The molecule has 0 aliphatic heterocycles. The first kappa shape index (κ1) is 9.36. The van der Waals surface area contributed by atoms with Crippen molar-refractivity contribution >= 4 is 17.2 Å². The van der Waals surface area contributed by atoms with E-state index in [9.17, 15) is 0 Å². The van der Waals surface area contributed by atoms with Crippen molar-refractivity contribution in [3.8, 4) is 11.3 Å². The van der Waals surface area contributed by atoms with Crippen molar-refractivity contribution in [2.24, 2.45) is 0 Å². The predicted octanol–water partition coefficient (Wildman–Crippen LogP) is 3.05. The molecule has 0 atom stereocenters. The highest BCUT2D eigenvalue weighted by Gasteiger charge is 2.06. The number of benzene rings is 1. The number of fused-ring (bicyclic) bond motifs is 1. The summed E-state index contributed by atoms with van der Waals surface area (Å²) < 4.78 is 1.87. The second kappa shape index (κ2) is 3.61. The second-order valence-corrected chi connectivity index (χ2v) is 3.80. The first-order valence-electron chi connectivity index (χ1n) is 4.89. The Balaban J connectivity index is 2.25. The van der Waals surface area contributed by atoms with Gasteiger partial charge in [-0.25, -0.2) is 9.97 Å². The van der Waals surface area contributed by atoms with Gasteiger partial charge in [-0.05, 0) is 0 Å². The molecule has 3 aromatic rings. The van der Waals surface area contributed by atoms with E-state index in [2.05, 4.69) is 9.97 Å². The lowest BCUT2D eigenvalue weighted by atomic mass is 10.2. The van der Waals surface area contributed by atoms with Crippen molar-refractivity contribution in [3.05, 3.63) is 54.1 Å². The van der Waals surface area contributed by atoms with E-state index in [4.69, 9.17) is 11.6 Å². The largest absolute Gasteiger partial charge is 0.302 e. The lowest BCUT2D eigenvalue weighted by molar-refractivity contribution is 1.13. The van der Waals surface area contributed by atoms with Crippen LogP contribution in [0.25, 0.3) is 16.9 Å². The van der Waals surface area contributed by atoms with E-state index in [1.54, 1.807) is 6.20 Å². The number of imidazole rings is 1. The van der Waals surface area contributed by atoms with Gasteiger partial charge >= 0.3 is 0 Å². The summed E-state index contributed by atoms with van der Waals surface area (Å²) in [5.41, 5.74) is 2.57. The van der Waals surface area contributed by atoms with Gasteiger partial charge < -0.3 is 4.40 Å². The van der Waals surface area contributed by atoms with Gasteiger partial charge in [0.05, 0.1) is 5.69 Å². The van der Waals surface area contributed by atoms with Gasteiger partial charge in [0.15, 0.2) is 10.8 Å². The van der Waals surface area contributed by atoms with Crippen LogP contribution in [-0.2, 0) is 0 Å². The highest BCUT2D eigenvalue weighted by atomic mass is 35.5. The summed E-state index contributed by atoms with van der Waals surface area (Å²) in [4.78, 5) is 8.45. The Kier molecular flexibility index (Phi) is 2.11. The molecule has 0 N–H and O–H groups in total. The summed E-state index contributed by atoms with van der Waals surface area (Å²) in [5.74, 6) is 0. The molecule has 0 saturated carbocycles.